The first-order valence-electron chi connectivity index (χ1n) is 17.5. The minimum atomic E-state index is -5.06. The molecule has 0 aliphatic rings. The Morgan fingerprint density at radius 2 is 1.06 bits per heavy atom. The predicted octanol–water partition coefficient (Wildman–Crippen LogP) is 13.3. The summed E-state index contributed by atoms with van der Waals surface area (Å²) in [5, 5.41) is 14.3. The highest BCUT2D eigenvalue weighted by Gasteiger charge is 2.37. The molecular formula is C45H33F6N3. The number of alkyl halides is 6. The first-order valence-corrected chi connectivity index (χ1v) is 17.5. The zero-order valence-electron chi connectivity index (χ0n) is 29.8. The molecule has 0 N–H and O–H groups in total. The minimum Gasteiger partial charge on any atom is -0.309 e. The zero-order valence-corrected chi connectivity index (χ0v) is 29.8. The highest BCUT2D eigenvalue weighted by molar-refractivity contribution is 6.11. The summed E-state index contributed by atoms with van der Waals surface area (Å²) in [6.45, 7) is 8.24. The van der Waals surface area contributed by atoms with E-state index in [2.05, 4.69) is 26.8 Å². The molecule has 2 heterocycles. The van der Waals surface area contributed by atoms with Crippen molar-refractivity contribution in [2.45, 2.75) is 51.9 Å². The van der Waals surface area contributed by atoms with Crippen LogP contribution in [0.5, 0.6) is 0 Å². The van der Waals surface area contributed by atoms with Gasteiger partial charge in [-0.1, -0.05) is 88.4 Å². The van der Waals surface area contributed by atoms with Crippen LogP contribution in [-0.4, -0.2) is 9.13 Å². The molecule has 54 heavy (non-hydrogen) atoms. The summed E-state index contributed by atoms with van der Waals surface area (Å²) in [6.07, 6.45) is -9.44. The monoisotopic (exact) mass is 729 g/mol. The zero-order chi connectivity index (χ0) is 38.3. The maximum absolute atomic E-state index is 14.4. The van der Waals surface area contributed by atoms with Gasteiger partial charge in [0.1, 0.15) is 6.07 Å². The molecule has 0 fully saturated rings. The van der Waals surface area contributed by atoms with Crippen molar-refractivity contribution in [1.82, 2.24) is 9.13 Å². The standard InChI is InChI=1S/C45H33F6N3/c1-5-26-14-16-34-32-10-7-9-13-38(32)54(40(34)18-26)41-21-28(25-52)39(24-36(41)27-19-30(44(46,47)48)22-31(20-27)45(49,50)51)53-37-12-8-6-11-33(37)35-17-15-29(23-42(35)53)43(2,3)4/h6-24H,5H2,1-4H3. The van der Waals surface area contributed by atoms with E-state index in [1.54, 1.807) is 12.1 Å². The molecule has 0 saturated carbocycles. The number of aryl methyl sites for hydroxylation is 1. The van der Waals surface area contributed by atoms with Crippen LogP contribution in [0.1, 0.15) is 55.5 Å². The molecule has 2 aromatic heterocycles. The topological polar surface area (TPSA) is 33.6 Å². The van der Waals surface area contributed by atoms with Crippen molar-refractivity contribution in [3.63, 3.8) is 0 Å². The number of rotatable bonds is 4. The Bertz CT molecular complexity index is 2810. The molecule has 0 amide bonds. The van der Waals surface area contributed by atoms with Crippen molar-refractivity contribution in [1.29, 1.82) is 5.26 Å². The second kappa shape index (κ2) is 12.3. The Kier molecular flexibility index (Phi) is 7.96. The van der Waals surface area contributed by atoms with Gasteiger partial charge in [-0.05, 0) is 83.1 Å². The van der Waals surface area contributed by atoms with Crippen LogP contribution in [0.2, 0.25) is 0 Å². The van der Waals surface area contributed by atoms with Gasteiger partial charge in [-0.2, -0.15) is 31.6 Å². The van der Waals surface area contributed by atoms with Crippen LogP contribution >= 0.6 is 0 Å². The molecule has 0 atom stereocenters. The Morgan fingerprint density at radius 3 is 1.59 bits per heavy atom. The fraction of sp³-hybridized carbons (Fsp3) is 0.178. The number of aromatic nitrogens is 2. The maximum Gasteiger partial charge on any atom is 0.416 e. The molecule has 9 heteroatoms. The average Bonchev–Trinajstić information content (AvgIpc) is 3.65. The summed E-state index contributed by atoms with van der Waals surface area (Å²) in [7, 11) is 0. The van der Waals surface area contributed by atoms with Crippen LogP contribution in [0.25, 0.3) is 66.1 Å². The number of hydrogen-bond acceptors (Lipinski definition) is 1. The molecule has 0 bridgehead atoms. The third-order valence-electron chi connectivity index (χ3n) is 10.3. The number of benzene rings is 6. The average molecular weight is 730 g/mol. The van der Waals surface area contributed by atoms with Crippen LogP contribution in [-0.2, 0) is 24.2 Å². The predicted molar refractivity (Wildman–Crippen MR) is 203 cm³/mol. The van der Waals surface area contributed by atoms with Gasteiger partial charge >= 0.3 is 12.4 Å². The van der Waals surface area contributed by atoms with Gasteiger partial charge in [0.15, 0.2) is 0 Å². The number of nitriles is 1. The van der Waals surface area contributed by atoms with E-state index in [1.165, 1.54) is 0 Å². The molecule has 3 nitrogen and oxygen atoms in total. The molecule has 270 valence electrons. The van der Waals surface area contributed by atoms with E-state index in [-0.39, 0.29) is 33.9 Å². The number of fused-ring (bicyclic) bond motifs is 6. The Balaban J connectivity index is 1.57. The molecule has 6 aromatic carbocycles. The van der Waals surface area contributed by atoms with Crippen LogP contribution in [0.3, 0.4) is 0 Å². The first kappa shape index (κ1) is 35.0. The van der Waals surface area contributed by atoms with Crippen LogP contribution in [0, 0.1) is 11.3 Å². The summed E-state index contributed by atoms with van der Waals surface area (Å²) in [5.41, 5.74) is 2.40. The van der Waals surface area contributed by atoms with Gasteiger partial charge in [0.25, 0.3) is 0 Å². The number of halogens is 6. The van der Waals surface area contributed by atoms with E-state index in [9.17, 15) is 31.6 Å². The largest absolute Gasteiger partial charge is 0.416 e. The molecule has 0 aliphatic carbocycles. The summed E-state index contributed by atoms with van der Waals surface area (Å²) in [5.74, 6) is 0. The van der Waals surface area contributed by atoms with E-state index >= 15 is 0 Å². The van der Waals surface area contributed by atoms with Crippen LogP contribution in [0.15, 0.2) is 115 Å². The van der Waals surface area contributed by atoms with Gasteiger partial charge in [-0.25, -0.2) is 0 Å². The van der Waals surface area contributed by atoms with Crippen molar-refractivity contribution in [3.8, 4) is 28.6 Å². The fourth-order valence-corrected chi connectivity index (χ4v) is 7.57. The lowest BCUT2D eigenvalue weighted by atomic mass is 9.86. The quantitative estimate of drug-likeness (QED) is 0.166. The lowest BCUT2D eigenvalue weighted by Gasteiger charge is -2.21. The van der Waals surface area contributed by atoms with Gasteiger partial charge in [0.05, 0.1) is 50.1 Å². The van der Waals surface area contributed by atoms with E-state index < -0.39 is 23.5 Å². The number of nitrogens with zero attached hydrogens (tertiary/aromatic N) is 3. The molecule has 0 aliphatic heterocycles. The summed E-state index contributed by atoms with van der Waals surface area (Å²) >= 11 is 0. The van der Waals surface area contributed by atoms with Gasteiger partial charge in [0, 0.05) is 27.1 Å². The third-order valence-corrected chi connectivity index (χ3v) is 10.3. The second-order valence-corrected chi connectivity index (χ2v) is 14.7. The number of hydrogen-bond donors (Lipinski definition) is 0. The van der Waals surface area contributed by atoms with E-state index in [4.69, 9.17) is 0 Å². The Labute approximate surface area is 307 Å². The van der Waals surface area contributed by atoms with Crippen molar-refractivity contribution >= 4 is 43.6 Å². The van der Waals surface area contributed by atoms with Crippen molar-refractivity contribution in [3.05, 3.63) is 143 Å². The summed E-state index contributed by atoms with van der Waals surface area (Å²) < 4.78 is 90.2. The third kappa shape index (κ3) is 5.68. The molecule has 8 rings (SSSR count). The molecule has 0 saturated heterocycles. The van der Waals surface area contributed by atoms with Gasteiger partial charge < -0.3 is 9.13 Å². The Morgan fingerprint density at radius 1 is 0.537 bits per heavy atom. The lowest BCUT2D eigenvalue weighted by Crippen LogP contribution is -2.12. The Hall–Kier alpha value is -6.01. The molecule has 0 unspecified atom stereocenters. The number of para-hydroxylation sites is 2. The lowest BCUT2D eigenvalue weighted by molar-refractivity contribution is -0.143. The van der Waals surface area contributed by atoms with E-state index in [0.29, 0.717) is 23.1 Å². The van der Waals surface area contributed by atoms with Crippen LogP contribution < -0.4 is 0 Å². The normalized spacial score (nSPS) is 12.7. The smallest absolute Gasteiger partial charge is 0.309 e. The minimum absolute atomic E-state index is 0.100. The van der Waals surface area contributed by atoms with Crippen LogP contribution in [0.4, 0.5) is 26.3 Å². The van der Waals surface area contributed by atoms with Gasteiger partial charge in [-0.3, -0.25) is 0 Å². The molecule has 0 spiro atoms. The molecule has 8 aromatic rings. The SMILES string of the molecule is CCc1ccc2c3ccccc3n(-c3cc(C#N)c(-n4c5ccccc5c5ccc(C(C)(C)C)cc54)cc3-c3cc(C(F)(F)F)cc(C(F)(F)F)c3)c2c1. The fourth-order valence-electron chi connectivity index (χ4n) is 7.57. The van der Waals surface area contributed by atoms with Crippen molar-refractivity contribution < 1.29 is 26.3 Å². The first-order chi connectivity index (χ1) is 25.6. The molecular weight excluding hydrogens is 697 g/mol. The summed E-state index contributed by atoms with van der Waals surface area (Å²) in [4.78, 5) is 0. The highest BCUT2D eigenvalue weighted by atomic mass is 19.4. The summed E-state index contributed by atoms with van der Waals surface area (Å²) in [6, 6.07) is 34.3. The van der Waals surface area contributed by atoms with Crippen molar-refractivity contribution in [2.75, 3.05) is 0 Å². The van der Waals surface area contributed by atoms with Gasteiger partial charge in [-0.15, -0.1) is 0 Å². The molecule has 0 radical (unpaired) electrons. The van der Waals surface area contributed by atoms with Crippen molar-refractivity contribution in [2.24, 2.45) is 0 Å². The van der Waals surface area contributed by atoms with E-state index in [0.717, 1.165) is 55.8 Å². The maximum atomic E-state index is 14.4. The second-order valence-electron chi connectivity index (χ2n) is 14.7. The van der Waals surface area contributed by atoms with E-state index in [1.807, 2.05) is 101 Å². The highest BCUT2D eigenvalue weighted by Crippen LogP contribution is 2.44. The van der Waals surface area contributed by atoms with Gasteiger partial charge in [0.2, 0.25) is 0 Å².